The van der Waals surface area contributed by atoms with Crippen LogP contribution < -0.4 is 20.9 Å². The summed E-state index contributed by atoms with van der Waals surface area (Å²) in [5.74, 6) is 5.39. The van der Waals surface area contributed by atoms with E-state index >= 15 is 0 Å². The van der Waals surface area contributed by atoms with Crippen molar-refractivity contribution >= 4 is 11.6 Å². The molecule has 1 heterocycles. The quantitative estimate of drug-likeness (QED) is 0.442. The van der Waals surface area contributed by atoms with Gasteiger partial charge in [0.15, 0.2) is 5.69 Å². The van der Waals surface area contributed by atoms with E-state index in [1.807, 2.05) is 41.6 Å². The lowest BCUT2D eigenvalue weighted by Gasteiger charge is -2.21. The number of carbonyl (C=O) groups excluding carboxylic acids is 1. The molecule has 1 aromatic carbocycles. The molecule has 112 valence electrons. The number of aromatic nitrogens is 3. The Bertz CT molecular complexity index is 612. The first-order chi connectivity index (χ1) is 10.2. The van der Waals surface area contributed by atoms with E-state index in [-0.39, 0.29) is 5.69 Å². The number of nitrogens with one attached hydrogen (secondary N) is 1. The van der Waals surface area contributed by atoms with Crippen LogP contribution in [0, 0.1) is 0 Å². The Morgan fingerprint density at radius 3 is 2.95 bits per heavy atom. The van der Waals surface area contributed by atoms with Crippen LogP contribution >= 0.6 is 0 Å². The first kappa shape index (κ1) is 14.8. The number of hydrazine groups is 1. The maximum atomic E-state index is 11.3. The molecule has 0 saturated carbocycles. The summed E-state index contributed by atoms with van der Waals surface area (Å²) in [5, 5.41) is 7.63. The Morgan fingerprint density at radius 1 is 1.48 bits per heavy atom. The van der Waals surface area contributed by atoms with Gasteiger partial charge in [0.2, 0.25) is 0 Å². The fraction of sp³-hybridized carbons (Fsp3) is 0.308. The van der Waals surface area contributed by atoms with Crippen molar-refractivity contribution in [2.24, 2.45) is 5.84 Å². The number of hydrogen-bond acceptors (Lipinski definition) is 6. The molecule has 21 heavy (non-hydrogen) atoms. The molecule has 0 bridgehead atoms. The van der Waals surface area contributed by atoms with Crippen LogP contribution in [0.15, 0.2) is 30.5 Å². The van der Waals surface area contributed by atoms with Gasteiger partial charge < -0.3 is 9.64 Å². The van der Waals surface area contributed by atoms with Crippen LogP contribution in [0.1, 0.15) is 10.5 Å². The molecule has 0 fully saturated rings. The molecule has 8 heteroatoms. The number of nitrogens with zero attached hydrogens (tertiary/aromatic N) is 4. The third-order valence-electron chi connectivity index (χ3n) is 3.06. The van der Waals surface area contributed by atoms with Crippen LogP contribution in [0.5, 0.6) is 5.75 Å². The highest BCUT2D eigenvalue weighted by molar-refractivity contribution is 5.91. The van der Waals surface area contributed by atoms with Gasteiger partial charge in [-0.1, -0.05) is 17.3 Å². The van der Waals surface area contributed by atoms with Crippen LogP contribution in [0.2, 0.25) is 0 Å². The minimum Gasteiger partial charge on any atom is -0.495 e. The topological polar surface area (TPSA) is 98.3 Å². The van der Waals surface area contributed by atoms with Gasteiger partial charge in [-0.05, 0) is 12.1 Å². The van der Waals surface area contributed by atoms with Gasteiger partial charge in [0, 0.05) is 13.6 Å². The maximum absolute atomic E-state index is 11.3. The number of methoxy groups -OCH3 is 1. The predicted octanol–water partition coefficient (Wildman–Crippen LogP) is 0.0266. The fourth-order valence-corrected chi connectivity index (χ4v) is 1.90. The number of hydrogen-bond donors (Lipinski definition) is 2. The first-order valence-electron chi connectivity index (χ1n) is 6.41. The molecule has 1 aromatic heterocycles. The SMILES string of the molecule is COc1ccccc1N(C)CCn1cc(C(=O)NN)nn1. The second kappa shape index (κ2) is 6.71. The molecule has 0 radical (unpaired) electrons. The van der Waals surface area contributed by atoms with Crippen molar-refractivity contribution in [3.8, 4) is 5.75 Å². The number of carbonyl (C=O) groups is 1. The van der Waals surface area contributed by atoms with E-state index in [2.05, 4.69) is 10.3 Å². The number of para-hydroxylation sites is 2. The minimum absolute atomic E-state index is 0.192. The molecule has 3 N–H and O–H groups in total. The lowest BCUT2D eigenvalue weighted by molar-refractivity contribution is 0.0948. The summed E-state index contributed by atoms with van der Waals surface area (Å²) in [5.41, 5.74) is 3.20. The number of likely N-dealkylation sites (N-methyl/N-ethyl adjacent to an activating group) is 1. The van der Waals surface area contributed by atoms with Crippen molar-refractivity contribution in [1.29, 1.82) is 0 Å². The number of nitrogens with two attached hydrogens (primary N) is 1. The third kappa shape index (κ3) is 3.48. The highest BCUT2D eigenvalue weighted by Crippen LogP contribution is 2.26. The van der Waals surface area contributed by atoms with Gasteiger partial charge in [-0.3, -0.25) is 10.2 Å². The monoisotopic (exact) mass is 290 g/mol. The number of anilines is 1. The summed E-state index contributed by atoms with van der Waals surface area (Å²) in [4.78, 5) is 13.3. The summed E-state index contributed by atoms with van der Waals surface area (Å²) in [6.45, 7) is 1.27. The van der Waals surface area contributed by atoms with E-state index in [1.165, 1.54) is 0 Å². The van der Waals surface area contributed by atoms with Crippen LogP contribution in [0.25, 0.3) is 0 Å². The number of ether oxygens (including phenoxy) is 1. The first-order valence-corrected chi connectivity index (χ1v) is 6.41. The van der Waals surface area contributed by atoms with E-state index in [1.54, 1.807) is 18.0 Å². The summed E-state index contributed by atoms with van der Waals surface area (Å²) in [6.07, 6.45) is 1.55. The Labute approximate surface area is 122 Å². The molecule has 2 aromatic rings. The lowest BCUT2D eigenvalue weighted by atomic mass is 10.2. The van der Waals surface area contributed by atoms with Gasteiger partial charge in [0.05, 0.1) is 25.5 Å². The Kier molecular flexibility index (Phi) is 4.72. The van der Waals surface area contributed by atoms with Crippen molar-refractivity contribution in [2.75, 3.05) is 25.6 Å². The average molecular weight is 290 g/mol. The van der Waals surface area contributed by atoms with Gasteiger partial charge in [0.1, 0.15) is 5.75 Å². The lowest BCUT2D eigenvalue weighted by Crippen LogP contribution is -2.30. The van der Waals surface area contributed by atoms with Crippen molar-refractivity contribution < 1.29 is 9.53 Å². The van der Waals surface area contributed by atoms with E-state index < -0.39 is 5.91 Å². The minimum atomic E-state index is -0.459. The zero-order chi connectivity index (χ0) is 15.2. The fourth-order valence-electron chi connectivity index (χ4n) is 1.90. The van der Waals surface area contributed by atoms with Gasteiger partial charge in [-0.25, -0.2) is 10.5 Å². The largest absolute Gasteiger partial charge is 0.495 e. The molecular weight excluding hydrogens is 272 g/mol. The van der Waals surface area contributed by atoms with Crippen LogP contribution in [0.4, 0.5) is 5.69 Å². The van der Waals surface area contributed by atoms with E-state index in [4.69, 9.17) is 10.6 Å². The van der Waals surface area contributed by atoms with Crippen molar-refractivity contribution in [3.63, 3.8) is 0 Å². The van der Waals surface area contributed by atoms with Gasteiger partial charge in [-0.2, -0.15) is 0 Å². The van der Waals surface area contributed by atoms with Crippen LogP contribution in [-0.2, 0) is 6.54 Å². The van der Waals surface area contributed by atoms with Gasteiger partial charge in [0.25, 0.3) is 5.91 Å². The normalized spacial score (nSPS) is 10.2. The van der Waals surface area contributed by atoms with Crippen LogP contribution in [0.3, 0.4) is 0 Å². The zero-order valence-corrected chi connectivity index (χ0v) is 12.0. The maximum Gasteiger partial charge on any atom is 0.287 e. The predicted molar refractivity (Wildman–Crippen MR) is 77.9 cm³/mol. The van der Waals surface area contributed by atoms with E-state index in [0.29, 0.717) is 13.1 Å². The molecule has 8 nitrogen and oxygen atoms in total. The number of amides is 1. The standard InChI is InChI=1S/C13H18N6O2/c1-18(11-5-3-4-6-12(11)21-2)7-8-19-9-10(16-17-19)13(20)15-14/h3-6,9H,7-8,14H2,1-2H3,(H,15,20). The number of benzene rings is 1. The van der Waals surface area contributed by atoms with Crippen molar-refractivity contribution in [3.05, 3.63) is 36.2 Å². The molecule has 0 aliphatic carbocycles. The molecule has 0 aliphatic heterocycles. The molecule has 0 atom stereocenters. The van der Waals surface area contributed by atoms with Gasteiger partial charge >= 0.3 is 0 Å². The molecule has 1 amide bonds. The molecule has 2 rings (SSSR count). The Morgan fingerprint density at radius 2 is 2.24 bits per heavy atom. The molecule has 0 saturated heterocycles. The smallest absolute Gasteiger partial charge is 0.287 e. The highest BCUT2D eigenvalue weighted by atomic mass is 16.5. The van der Waals surface area contributed by atoms with E-state index in [9.17, 15) is 4.79 Å². The highest BCUT2D eigenvalue weighted by Gasteiger charge is 2.10. The Hall–Kier alpha value is -2.61. The van der Waals surface area contributed by atoms with Crippen molar-refractivity contribution in [2.45, 2.75) is 6.54 Å². The molecular formula is C13H18N6O2. The summed E-state index contributed by atoms with van der Waals surface area (Å²) in [6, 6.07) is 7.76. The number of rotatable bonds is 6. The summed E-state index contributed by atoms with van der Waals surface area (Å²) in [7, 11) is 3.60. The molecule has 0 aliphatic rings. The number of nitrogen functional groups attached to an aromatic ring is 1. The van der Waals surface area contributed by atoms with Crippen molar-refractivity contribution in [1.82, 2.24) is 20.4 Å². The second-order valence-electron chi connectivity index (χ2n) is 4.43. The second-order valence-corrected chi connectivity index (χ2v) is 4.43. The summed E-state index contributed by atoms with van der Waals surface area (Å²) < 4.78 is 6.92. The molecule has 0 unspecified atom stereocenters. The van der Waals surface area contributed by atoms with Crippen LogP contribution in [-0.4, -0.2) is 41.6 Å². The summed E-state index contributed by atoms with van der Waals surface area (Å²) >= 11 is 0. The molecule has 0 spiro atoms. The average Bonchev–Trinajstić information content (AvgIpc) is 3.00. The van der Waals surface area contributed by atoms with Gasteiger partial charge in [-0.15, -0.1) is 5.10 Å². The Balaban J connectivity index is 1.99. The zero-order valence-electron chi connectivity index (χ0n) is 12.0. The van der Waals surface area contributed by atoms with E-state index in [0.717, 1.165) is 11.4 Å². The third-order valence-corrected chi connectivity index (χ3v) is 3.06.